The number of halogens is 2. The third-order valence-corrected chi connectivity index (χ3v) is 6.12. The van der Waals surface area contributed by atoms with Gasteiger partial charge >= 0.3 is 12.0 Å². The molecule has 12 heteroatoms. The number of nitrogens with zero attached hydrogens (tertiary/aromatic N) is 1. The van der Waals surface area contributed by atoms with E-state index in [1.54, 1.807) is 24.3 Å². The van der Waals surface area contributed by atoms with Gasteiger partial charge in [0.05, 0.1) is 22.8 Å². The topological polar surface area (TPSA) is 134 Å². The van der Waals surface area contributed by atoms with Crippen LogP contribution in [0, 0.1) is 5.82 Å². The summed E-state index contributed by atoms with van der Waals surface area (Å²) in [7, 11) is 1.43. The molecule has 3 aromatic rings. The van der Waals surface area contributed by atoms with Crippen molar-refractivity contribution in [2.24, 2.45) is 0 Å². The number of hydrogen-bond acceptors (Lipinski definition) is 6. The van der Waals surface area contributed by atoms with E-state index in [1.807, 2.05) is 0 Å². The molecule has 1 saturated heterocycles. The lowest BCUT2D eigenvalue weighted by molar-refractivity contribution is -0.127. The van der Waals surface area contributed by atoms with E-state index in [4.69, 9.17) is 9.47 Å². The van der Waals surface area contributed by atoms with Crippen LogP contribution in [0.5, 0.6) is 11.5 Å². The van der Waals surface area contributed by atoms with E-state index in [1.165, 1.54) is 49.6 Å². The molecule has 1 aliphatic rings. The van der Waals surface area contributed by atoms with Crippen LogP contribution >= 0.6 is 15.9 Å². The van der Waals surface area contributed by atoms with Gasteiger partial charge in [-0.05, 0) is 69.5 Å². The van der Waals surface area contributed by atoms with Gasteiger partial charge in [0, 0.05) is 0 Å². The molecule has 0 spiro atoms. The summed E-state index contributed by atoms with van der Waals surface area (Å²) in [5, 5.41) is 13.9. The Kier molecular flexibility index (Phi) is 8.25. The number of urea groups is 1. The van der Waals surface area contributed by atoms with E-state index >= 15 is 0 Å². The number of ether oxygens (including phenoxy) is 2. The fourth-order valence-electron chi connectivity index (χ4n) is 3.69. The zero-order valence-electron chi connectivity index (χ0n) is 20.4. The molecule has 1 aliphatic heterocycles. The average molecular weight is 598 g/mol. The molecule has 39 heavy (non-hydrogen) atoms. The number of para-hydroxylation sites is 1. The quantitative estimate of drug-likeness (QED) is 0.246. The number of anilines is 1. The molecular weight excluding hydrogens is 577 g/mol. The number of imide groups is 1. The number of nitrogens with one attached hydrogen (secondary N) is 2. The molecule has 4 rings (SSSR count). The number of carboxylic acid groups (broad SMARTS) is 1. The highest BCUT2D eigenvalue weighted by molar-refractivity contribution is 9.10. The van der Waals surface area contributed by atoms with Crippen molar-refractivity contribution >= 4 is 51.5 Å². The van der Waals surface area contributed by atoms with Gasteiger partial charge in [-0.1, -0.05) is 24.3 Å². The van der Waals surface area contributed by atoms with Crippen LogP contribution < -0.4 is 20.1 Å². The SMILES string of the molecule is COc1cc(/C=C2/NC(=O)N(CC(=O)Nc3ccccc3F)C2=O)cc(Br)c1OCc1cccc(C(=O)O)c1. The molecule has 0 unspecified atom stereocenters. The van der Waals surface area contributed by atoms with Gasteiger partial charge in [-0.15, -0.1) is 0 Å². The number of rotatable bonds is 9. The van der Waals surface area contributed by atoms with E-state index < -0.39 is 36.2 Å². The summed E-state index contributed by atoms with van der Waals surface area (Å²) >= 11 is 3.41. The first-order valence-corrected chi connectivity index (χ1v) is 12.2. The summed E-state index contributed by atoms with van der Waals surface area (Å²) in [5.74, 6) is -2.53. The number of hydrogen-bond donors (Lipinski definition) is 3. The minimum atomic E-state index is -1.05. The maximum absolute atomic E-state index is 13.8. The Bertz CT molecular complexity index is 1510. The molecule has 1 fully saturated rings. The molecule has 0 saturated carbocycles. The predicted molar refractivity (Wildman–Crippen MR) is 142 cm³/mol. The Morgan fingerprint density at radius 1 is 1.13 bits per heavy atom. The Labute approximate surface area is 230 Å². The lowest BCUT2D eigenvalue weighted by Gasteiger charge is -2.14. The molecule has 3 N–H and O–H groups in total. The van der Waals surface area contributed by atoms with Crippen LogP contribution in [0.1, 0.15) is 21.5 Å². The number of amides is 4. The van der Waals surface area contributed by atoms with E-state index in [2.05, 4.69) is 26.6 Å². The van der Waals surface area contributed by atoms with Crippen molar-refractivity contribution < 1.29 is 38.1 Å². The number of carboxylic acids is 1. The van der Waals surface area contributed by atoms with Crippen molar-refractivity contribution in [2.45, 2.75) is 6.61 Å². The molecule has 3 aromatic carbocycles. The molecule has 0 bridgehead atoms. The van der Waals surface area contributed by atoms with Gasteiger partial charge in [-0.2, -0.15) is 0 Å². The van der Waals surface area contributed by atoms with Crippen LogP contribution in [0.15, 0.2) is 70.8 Å². The summed E-state index contributed by atoms with van der Waals surface area (Å²) in [4.78, 5) is 49.4. The fourth-order valence-corrected chi connectivity index (χ4v) is 4.26. The number of carbonyl (C=O) groups is 4. The Morgan fingerprint density at radius 3 is 2.62 bits per heavy atom. The van der Waals surface area contributed by atoms with Crippen molar-refractivity contribution in [3.63, 3.8) is 0 Å². The summed E-state index contributed by atoms with van der Waals surface area (Å²) in [6.07, 6.45) is 1.41. The second kappa shape index (κ2) is 11.8. The second-order valence-electron chi connectivity index (χ2n) is 8.24. The number of aromatic carboxylic acids is 1. The van der Waals surface area contributed by atoms with E-state index in [-0.39, 0.29) is 23.6 Å². The van der Waals surface area contributed by atoms with Gasteiger partial charge in [-0.25, -0.2) is 18.9 Å². The zero-order chi connectivity index (χ0) is 28.1. The van der Waals surface area contributed by atoms with E-state index in [0.29, 0.717) is 32.0 Å². The summed E-state index contributed by atoms with van der Waals surface area (Å²) in [5.41, 5.74) is 1.09. The van der Waals surface area contributed by atoms with Crippen molar-refractivity contribution in [2.75, 3.05) is 19.0 Å². The van der Waals surface area contributed by atoms with E-state index in [0.717, 1.165) is 0 Å². The lowest BCUT2D eigenvalue weighted by atomic mass is 10.1. The first kappa shape index (κ1) is 27.3. The van der Waals surface area contributed by atoms with Crippen molar-refractivity contribution in [1.82, 2.24) is 10.2 Å². The number of carbonyl (C=O) groups excluding carboxylic acids is 3. The summed E-state index contributed by atoms with van der Waals surface area (Å²) in [6, 6.07) is 14.2. The van der Waals surface area contributed by atoms with Crippen molar-refractivity contribution in [1.29, 1.82) is 0 Å². The fraction of sp³-hybridized carbons (Fsp3) is 0.111. The maximum Gasteiger partial charge on any atom is 0.335 e. The standard InChI is InChI=1S/C27H21BrFN3O7/c1-38-22-12-16(10-18(28)24(22)39-14-15-5-4-6-17(9-15)26(35)36)11-21-25(34)32(27(37)31-21)13-23(33)30-20-8-3-2-7-19(20)29/h2-12H,13-14H2,1H3,(H,30,33)(H,31,37)(H,35,36)/b21-11+. The maximum atomic E-state index is 13.8. The molecule has 0 aliphatic carbocycles. The molecule has 4 amide bonds. The largest absolute Gasteiger partial charge is 0.493 e. The first-order valence-electron chi connectivity index (χ1n) is 11.4. The van der Waals surface area contributed by atoms with Gasteiger partial charge in [-0.3, -0.25) is 9.59 Å². The summed E-state index contributed by atoms with van der Waals surface area (Å²) in [6.45, 7) is -0.547. The third-order valence-electron chi connectivity index (χ3n) is 5.53. The van der Waals surface area contributed by atoms with Crippen LogP contribution in [-0.4, -0.2) is 47.5 Å². The smallest absolute Gasteiger partial charge is 0.335 e. The Hall–Kier alpha value is -4.71. The number of benzene rings is 3. The van der Waals surface area contributed by atoms with Gasteiger partial charge in [0.15, 0.2) is 11.5 Å². The molecule has 200 valence electrons. The molecule has 0 radical (unpaired) electrons. The van der Waals surface area contributed by atoms with Crippen LogP contribution in [-0.2, 0) is 16.2 Å². The predicted octanol–water partition coefficient (Wildman–Crippen LogP) is 4.41. The van der Waals surface area contributed by atoms with Gasteiger partial charge in [0.25, 0.3) is 5.91 Å². The Balaban J connectivity index is 1.47. The number of methoxy groups -OCH3 is 1. The van der Waals surface area contributed by atoms with E-state index in [9.17, 15) is 28.7 Å². The van der Waals surface area contributed by atoms with Crippen LogP contribution in [0.4, 0.5) is 14.9 Å². The first-order chi connectivity index (χ1) is 18.7. The average Bonchev–Trinajstić information content (AvgIpc) is 3.16. The lowest BCUT2D eigenvalue weighted by Crippen LogP contribution is -2.38. The molecule has 0 aromatic heterocycles. The highest BCUT2D eigenvalue weighted by Crippen LogP contribution is 2.38. The van der Waals surface area contributed by atoms with Crippen LogP contribution in [0.25, 0.3) is 6.08 Å². The van der Waals surface area contributed by atoms with Gasteiger partial charge in [0.2, 0.25) is 5.91 Å². The molecule has 1 heterocycles. The van der Waals surface area contributed by atoms with Crippen molar-refractivity contribution in [3.8, 4) is 11.5 Å². The zero-order valence-corrected chi connectivity index (χ0v) is 22.0. The van der Waals surface area contributed by atoms with Gasteiger partial charge in [0.1, 0.15) is 24.7 Å². The Morgan fingerprint density at radius 2 is 1.90 bits per heavy atom. The molecular formula is C27H21BrFN3O7. The summed E-state index contributed by atoms with van der Waals surface area (Å²) < 4.78 is 25.6. The van der Waals surface area contributed by atoms with Crippen LogP contribution in [0.3, 0.4) is 0 Å². The highest BCUT2D eigenvalue weighted by Gasteiger charge is 2.35. The van der Waals surface area contributed by atoms with Crippen LogP contribution in [0.2, 0.25) is 0 Å². The van der Waals surface area contributed by atoms with Crippen molar-refractivity contribution in [3.05, 3.63) is 93.3 Å². The normalized spacial score (nSPS) is 13.8. The third kappa shape index (κ3) is 6.41. The minimum Gasteiger partial charge on any atom is -0.493 e. The molecule has 0 atom stereocenters. The highest BCUT2D eigenvalue weighted by atomic mass is 79.9. The minimum absolute atomic E-state index is 0.0644. The monoisotopic (exact) mass is 597 g/mol. The molecule has 10 nitrogen and oxygen atoms in total. The second-order valence-corrected chi connectivity index (χ2v) is 9.09. The van der Waals surface area contributed by atoms with Gasteiger partial charge < -0.3 is 25.2 Å².